The zero-order valence-corrected chi connectivity index (χ0v) is 14.6. The predicted octanol–water partition coefficient (Wildman–Crippen LogP) is 5.72. The molecule has 25 heavy (non-hydrogen) atoms. The van der Waals surface area contributed by atoms with Gasteiger partial charge in [0.2, 0.25) is 0 Å². The van der Waals surface area contributed by atoms with E-state index in [2.05, 4.69) is 31.3 Å². The molecule has 1 saturated heterocycles. The Labute approximate surface area is 147 Å². The van der Waals surface area contributed by atoms with Gasteiger partial charge in [-0.1, -0.05) is 32.0 Å². The smallest absolute Gasteiger partial charge is 0.131 e. The van der Waals surface area contributed by atoms with E-state index in [9.17, 15) is 8.78 Å². The van der Waals surface area contributed by atoms with Crippen LogP contribution in [0.2, 0.25) is 0 Å². The van der Waals surface area contributed by atoms with Gasteiger partial charge < -0.3 is 10.1 Å². The fourth-order valence-corrected chi connectivity index (χ4v) is 4.14. The average Bonchev–Trinajstić information content (AvgIpc) is 2.61. The molecule has 2 aromatic rings. The van der Waals surface area contributed by atoms with Crippen molar-refractivity contribution >= 4 is 5.69 Å². The van der Waals surface area contributed by atoms with E-state index in [1.54, 1.807) is 0 Å². The molecule has 3 atom stereocenters. The van der Waals surface area contributed by atoms with Gasteiger partial charge in [-0.15, -0.1) is 0 Å². The van der Waals surface area contributed by atoms with E-state index in [-0.39, 0.29) is 17.6 Å². The van der Waals surface area contributed by atoms with Crippen LogP contribution >= 0.6 is 0 Å². The van der Waals surface area contributed by atoms with Gasteiger partial charge in [-0.25, -0.2) is 8.78 Å². The summed E-state index contributed by atoms with van der Waals surface area (Å²) in [6, 6.07) is 9.94. The highest BCUT2D eigenvalue weighted by molar-refractivity contribution is 5.58. The molecule has 132 valence electrons. The molecule has 4 rings (SSSR count). The van der Waals surface area contributed by atoms with Crippen molar-refractivity contribution in [3.63, 3.8) is 0 Å². The lowest BCUT2D eigenvalue weighted by atomic mass is 9.76. The topological polar surface area (TPSA) is 21.3 Å². The Hall–Kier alpha value is -1.94. The second-order valence-electron chi connectivity index (χ2n) is 7.36. The quantitative estimate of drug-likeness (QED) is 0.753. The molecule has 0 amide bonds. The number of benzene rings is 2. The van der Waals surface area contributed by atoms with Gasteiger partial charge in [0.15, 0.2) is 0 Å². The fraction of sp³-hybridized carbons (Fsp3) is 0.429. The SMILES string of the molecule is CC(C)c1ccc2c(c1)C1OCCCC1C(c1c(F)cccc1F)N2. The van der Waals surface area contributed by atoms with Crippen molar-refractivity contribution in [2.45, 2.75) is 44.8 Å². The Morgan fingerprint density at radius 3 is 2.60 bits per heavy atom. The third-order valence-corrected chi connectivity index (χ3v) is 5.47. The first-order valence-corrected chi connectivity index (χ1v) is 9.02. The largest absolute Gasteiger partial charge is 0.377 e. The van der Waals surface area contributed by atoms with E-state index in [0.717, 1.165) is 24.1 Å². The van der Waals surface area contributed by atoms with Gasteiger partial charge in [0.1, 0.15) is 11.6 Å². The minimum Gasteiger partial charge on any atom is -0.377 e. The molecule has 1 N–H and O–H groups in total. The van der Waals surface area contributed by atoms with Crippen LogP contribution in [-0.2, 0) is 4.74 Å². The molecular formula is C21H23F2NO. The zero-order valence-electron chi connectivity index (χ0n) is 14.6. The van der Waals surface area contributed by atoms with Crippen LogP contribution < -0.4 is 5.32 Å². The van der Waals surface area contributed by atoms with Crippen LogP contribution in [0.5, 0.6) is 0 Å². The molecule has 4 heteroatoms. The lowest BCUT2D eigenvalue weighted by Crippen LogP contribution is -2.37. The van der Waals surface area contributed by atoms with Crippen molar-refractivity contribution in [3.05, 3.63) is 64.7 Å². The highest BCUT2D eigenvalue weighted by Gasteiger charge is 2.41. The molecule has 0 radical (unpaired) electrons. The van der Waals surface area contributed by atoms with Crippen LogP contribution in [0.3, 0.4) is 0 Å². The normalized spacial score (nSPS) is 25.2. The second-order valence-corrected chi connectivity index (χ2v) is 7.36. The molecule has 0 bridgehead atoms. The number of rotatable bonds is 2. The number of hydrogen-bond donors (Lipinski definition) is 1. The molecule has 2 aliphatic rings. The number of hydrogen-bond acceptors (Lipinski definition) is 2. The summed E-state index contributed by atoms with van der Waals surface area (Å²) in [5.74, 6) is -0.544. The Morgan fingerprint density at radius 1 is 1.12 bits per heavy atom. The molecule has 2 aliphatic heterocycles. The van der Waals surface area contributed by atoms with Crippen LogP contribution in [0.25, 0.3) is 0 Å². The minimum absolute atomic E-state index is 0.0232. The number of anilines is 1. The Bertz CT molecular complexity index is 769. The lowest BCUT2D eigenvalue weighted by Gasteiger charge is -2.43. The standard InChI is InChI=1S/C21H23F2NO/c1-12(2)13-8-9-18-15(11-13)21-14(5-4-10-25-21)20(24-18)19-16(22)6-3-7-17(19)23/h3,6-9,11-12,14,20-21,24H,4-5,10H2,1-2H3. The van der Waals surface area contributed by atoms with Gasteiger partial charge in [0, 0.05) is 29.3 Å². The number of fused-ring (bicyclic) bond motifs is 3. The first-order valence-electron chi connectivity index (χ1n) is 9.02. The van der Waals surface area contributed by atoms with Crippen LogP contribution in [0.4, 0.5) is 14.5 Å². The maximum atomic E-state index is 14.4. The molecular weight excluding hydrogens is 320 g/mol. The number of halogens is 2. The summed E-state index contributed by atoms with van der Waals surface area (Å²) in [5.41, 5.74) is 3.41. The van der Waals surface area contributed by atoms with E-state index < -0.39 is 17.7 Å². The van der Waals surface area contributed by atoms with Crippen molar-refractivity contribution in [1.82, 2.24) is 0 Å². The molecule has 2 aromatic carbocycles. The lowest BCUT2D eigenvalue weighted by molar-refractivity contribution is -0.0388. The van der Waals surface area contributed by atoms with E-state index >= 15 is 0 Å². The first kappa shape index (κ1) is 16.5. The first-order chi connectivity index (χ1) is 12.1. The van der Waals surface area contributed by atoms with Crippen LogP contribution in [-0.4, -0.2) is 6.61 Å². The van der Waals surface area contributed by atoms with Crippen LogP contribution in [0.15, 0.2) is 36.4 Å². The Kier molecular flexibility index (Phi) is 4.24. The summed E-state index contributed by atoms with van der Waals surface area (Å²) in [7, 11) is 0. The summed E-state index contributed by atoms with van der Waals surface area (Å²) < 4.78 is 34.9. The summed E-state index contributed by atoms with van der Waals surface area (Å²) >= 11 is 0. The third kappa shape index (κ3) is 2.82. The van der Waals surface area contributed by atoms with Crippen molar-refractivity contribution in [2.24, 2.45) is 5.92 Å². The summed E-state index contributed by atoms with van der Waals surface area (Å²) in [6.45, 7) is 5.02. The monoisotopic (exact) mass is 343 g/mol. The maximum Gasteiger partial charge on any atom is 0.131 e. The molecule has 0 spiro atoms. The highest BCUT2D eigenvalue weighted by atomic mass is 19.1. The molecule has 1 fully saturated rings. The summed E-state index contributed by atoms with van der Waals surface area (Å²) in [4.78, 5) is 0. The van der Waals surface area contributed by atoms with E-state index in [1.165, 1.54) is 23.8 Å². The molecule has 0 aromatic heterocycles. The minimum atomic E-state index is -0.496. The third-order valence-electron chi connectivity index (χ3n) is 5.47. The Morgan fingerprint density at radius 2 is 1.88 bits per heavy atom. The van der Waals surface area contributed by atoms with Crippen LogP contribution in [0.1, 0.15) is 61.4 Å². The molecule has 2 heterocycles. The van der Waals surface area contributed by atoms with Gasteiger partial charge in [-0.05, 0) is 42.5 Å². The van der Waals surface area contributed by atoms with Gasteiger partial charge in [0.05, 0.1) is 12.1 Å². The van der Waals surface area contributed by atoms with Crippen LogP contribution in [0, 0.1) is 17.6 Å². The summed E-state index contributed by atoms with van der Waals surface area (Å²) in [5, 5.41) is 3.40. The van der Waals surface area contributed by atoms with E-state index in [1.807, 2.05) is 6.07 Å². The maximum absolute atomic E-state index is 14.4. The average molecular weight is 343 g/mol. The highest BCUT2D eigenvalue weighted by Crippen LogP contribution is 2.50. The van der Waals surface area contributed by atoms with E-state index in [0.29, 0.717) is 12.5 Å². The number of nitrogens with one attached hydrogen (secondary N) is 1. The van der Waals surface area contributed by atoms with E-state index in [4.69, 9.17) is 4.74 Å². The predicted molar refractivity (Wildman–Crippen MR) is 94.7 cm³/mol. The Balaban J connectivity index is 1.81. The van der Waals surface area contributed by atoms with Gasteiger partial charge in [-0.2, -0.15) is 0 Å². The zero-order chi connectivity index (χ0) is 17.6. The molecule has 0 saturated carbocycles. The van der Waals surface area contributed by atoms with Crippen molar-refractivity contribution < 1.29 is 13.5 Å². The second kappa shape index (κ2) is 6.41. The van der Waals surface area contributed by atoms with Crippen molar-refractivity contribution in [1.29, 1.82) is 0 Å². The van der Waals surface area contributed by atoms with Gasteiger partial charge in [-0.3, -0.25) is 0 Å². The summed E-state index contributed by atoms with van der Waals surface area (Å²) in [6.07, 6.45) is 1.68. The van der Waals surface area contributed by atoms with Crippen molar-refractivity contribution in [3.8, 4) is 0 Å². The van der Waals surface area contributed by atoms with Gasteiger partial charge in [0.25, 0.3) is 0 Å². The molecule has 3 unspecified atom stereocenters. The number of ether oxygens (including phenoxy) is 1. The fourth-order valence-electron chi connectivity index (χ4n) is 4.14. The molecule has 0 aliphatic carbocycles. The van der Waals surface area contributed by atoms with Crippen molar-refractivity contribution in [2.75, 3.05) is 11.9 Å². The van der Waals surface area contributed by atoms with Gasteiger partial charge >= 0.3 is 0 Å². The molecule has 2 nitrogen and oxygen atoms in total.